The van der Waals surface area contributed by atoms with Crippen LogP contribution in [0.1, 0.15) is 17.3 Å². The van der Waals surface area contributed by atoms with E-state index in [0.717, 1.165) is 44.7 Å². The summed E-state index contributed by atoms with van der Waals surface area (Å²) >= 11 is 0. The van der Waals surface area contributed by atoms with Gasteiger partial charge in [-0.05, 0) is 29.8 Å². The Morgan fingerprint density at radius 3 is 2.70 bits per heavy atom. The van der Waals surface area contributed by atoms with Crippen molar-refractivity contribution >= 4 is 11.0 Å². The Morgan fingerprint density at radius 2 is 1.83 bits per heavy atom. The van der Waals surface area contributed by atoms with Gasteiger partial charge >= 0.3 is 0 Å². The molecule has 0 aliphatic heterocycles. The van der Waals surface area contributed by atoms with E-state index in [1.807, 2.05) is 80.1 Å². The molecule has 6 heteroatoms. The number of para-hydroxylation sites is 1. The Balaban J connectivity index is 1.47. The van der Waals surface area contributed by atoms with Crippen LogP contribution in [0, 0.1) is 0 Å². The quantitative estimate of drug-likeness (QED) is 0.473. The van der Waals surface area contributed by atoms with Gasteiger partial charge in [0.25, 0.3) is 0 Å². The number of aromatic nitrogens is 4. The van der Waals surface area contributed by atoms with Crippen LogP contribution in [0.2, 0.25) is 0 Å². The molecule has 2 N–H and O–H groups in total. The third kappa shape index (κ3) is 3.38. The van der Waals surface area contributed by atoms with Crippen LogP contribution < -0.4 is 5.73 Å². The molecule has 0 bridgehead atoms. The second kappa shape index (κ2) is 7.57. The van der Waals surface area contributed by atoms with Crippen LogP contribution in [0.15, 0.2) is 83.6 Å². The van der Waals surface area contributed by atoms with Crippen LogP contribution in [0.5, 0.6) is 0 Å². The molecule has 30 heavy (non-hydrogen) atoms. The number of rotatable bonds is 5. The van der Waals surface area contributed by atoms with E-state index in [1.165, 1.54) is 0 Å². The Kier molecular flexibility index (Phi) is 4.61. The molecule has 5 aromatic rings. The van der Waals surface area contributed by atoms with E-state index < -0.39 is 0 Å². The highest BCUT2D eigenvalue weighted by Gasteiger charge is 2.18. The number of nitrogens with two attached hydrogens (primary N) is 1. The zero-order valence-electron chi connectivity index (χ0n) is 16.6. The maximum atomic E-state index is 6.66. The third-order valence-corrected chi connectivity index (χ3v) is 5.23. The summed E-state index contributed by atoms with van der Waals surface area (Å²) in [5.74, 6) is 0. The van der Waals surface area contributed by atoms with Gasteiger partial charge in [-0.2, -0.15) is 5.10 Å². The zero-order chi connectivity index (χ0) is 20.5. The Morgan fingerprint density at radius 1 is 1.00 bits per heavy atom. The minimum Gasteiger partial charge on any atom is -0.356 e. The predicted octanol–water partition coefficient (Wildman–Crippen LogP) is 4.53. The number of hydrogen-bond acceptors (Lipinski definition) is 5. The summed E-state index contributed by atoms with van der Waals surface area (Å²) in [7, 11) is 1.90. The number of hydrogen-bond donors (Lipinski definition) is 1. The van der Waals surface area contributed by atoms with Crippen molar-refractivity contribution < 1.29 is 4.52 Å². The topological polar surface area (TPSA) is 82.8 Å². The monoisotopic (exact) mass is 395 g/mol. The predicted molar refractivity (Wildman–Crippen MR) is 117 cm³/mol. The minimum atomic E-state index is -0.228. The molecule has 2 aromatic carbocycles. The maximum absolute atomic E-state index is 6.66. The van der Waals surface area contributed by atoms with Crippen molar-refractivity contribution in [3.8, 4) is 22.5 Å². The molecule has 0 fully saturated rings. The van der Waals surface area contributed by atoms with E-state index in [2.05, 4.69) is 16.3 Å². The highest BCUT2D eigenvalue weighted by atomic mass is 16.5. The number of pyridine rings is 1. The van der Waals surface area contributed by atoms with Crippen LogP contribution in [0.3, 0.4) is 0 Å². The first-order valence-corrected chi connectivity index (χ1v) is 9.83. The summed E-state index contributed by atoms with van der Waals surface area (Å²) in [6.07, 6.45) is 4.38. The average molecular weight is 395 g/mol. The van der Waals surface area contributed by atoms with Crippen molar-refractivity contribution in [3.05, 3.63) is 90.4 Å². The van der Waals surface area contributed by atoms with Gasteiger partial charge in [0.2, 0.25) is 0 Å². The molecule has 1 unspecified atom stereocenters. The highest BCUT2D eigenvalue weighted by Crippen LogP contribution is 2.33. The summed E-state index contributed by atoms with van der Waals surface area (Å²) < 4.78 is 7.28. The van der Waals surface area contributed by atoms with Gasteiger partial charge in [0.15, 0.2) is 5.58 Å². The molecule has 0 amide bonds. The molecule has 3 heterocycles. The lowest BCUT2D eigenvalue weighted by Gasteiger charge is -2.15. The first-order chi connectivity index (χ1) is 14.7. The second-order valence-electron chi connectivity index (χ2n) is 7.34. The largest absolute Gasteiger partial charge is 0.356 e. The second-order valence-corrected chi connectivity index (χ2v) is 7.34. The van der Waals surface area contributed by atoms with Crippen molar-refractivity contribution in [2.75, 3.05) is 0 Å². The summed E-state index contributed by atoms with van der Waals surface area (Å²) in [4.78, 5) is 4.80. The molecular weight excluding hydrogens is 374 g/mol. The number of benzene rings is 2. The number of fused-ring (bicyclic) bond motifs is 1. The van der Waals surface area contributed by atoms with Gasteiger partial charge < -0.3 is 10.3 Å². The summed E-state index contributed by atoms with van der Waals surface area (Å²) in [6.45, 7) is 0. The smallest absolute Gasteiger partial charge is 0.167 e. The van der Waals surface area contributed by atoms with E-state index in [0.29, 0.717) is 6.42 Å². The molecule has 3 aromatic heterocycles. The van der Waals surface area contributed by atoms with Gasteiger partial charge in [-0.1, -0.05) is 47.6 Å². The van der Waals surface area contributed by atoms with Crippen molar-refractivity contribution in [2.45, 2.75) is 12.5 Å². The zero-order valence-corrected chi connectivity index (χ0v) is 16.6. The lowest BCUT2D eigenvalue weighted by molar-refractivity contribution is 0.459. The van der Waals surface area contributed by atoms with Crippen LogP contribution >= 0.6 is 0 Å². The van der Waals surface area contributed by atoms with Gasteiger partial charge in [-0.25, -0.2) is 0 Å². The van der Waals surface area contributed by atoms with E-state index in [9.17, 15) is 0 Å². The average Bonchev–Trinajstić information content (AvgIpc) is 3.40. The van der Waals surface area contributed by atoms with Crippen molar-refractivity contribution in [3.63, 3.8) is 0 Å². The SMILES string of the molecule is Cn1cc(-c2cccc(CC(N)c3ccccc3-c3noc4ccccc34)n2)cn1. The normalized spacial score (nSPS) is 12.3. The van der Waals surface area contributed by atoms with E-state index >= 15 is 0 Å². The Hall–Kier alpha value is -3.77. The van der Waals surface area contributed by atoms with Gasteiger partial charge in [-0.3, -0.25) is 9.67 Å². The molecule has 0 aliphatic carbocycles. The van der Waals surface area contributed by atoms with Gasteiger partial charge in [-0.15, -0.1) is 0 Å². The molecule has 0 radical (unpaired) electrons. The van der Waals surface area contributed by atoms with Crippen molar-refractivity contribution in [2.24, 2.45) is 12.8 Å². The molecule has 0 saturated heterocycles. The highest BCUT2D eigenvalue weighted by molar-refractivity contribution is 5.92. The Bertz CT molecular complexity index is 1320. The van der Waals surface area contributed by atoms with Crippen LogP contribution in [0.4, 0.5) is 0 Å². The first-order valence-electron chi connectivity index (χ1n) is 9.83. The van der Waals surface area contributed by atoms with E-state index in [4.69, 9.17) is 15.2 Å². The maximum Gasteiger partial charge on any atom is 0.167 e. The summed E-state index contributed by atoms with van der Waals surface area (Å²) in [6, 6.07) is 21.7. The third-order valence-electron chi connectivity index (χ3n) is 5.23. The molecule has 1 atom stereocenters. The van der Waals surface area contributed by atoms with E-state index in [1.54, 1.807) is 4.68 Å². The molecular formula is C24H21N5O. The van der Waals surface area contributed by atoms with E-state index in [-0.39, 0.29) is 6.04 Å². The summed E-state index contributed by atoms with van der Waals surface area (Å²) in [5.41, 5.74) is 13.1. The van der Waals surface area contributed by atoms with Crippen molar-refractivity contribution in [1.82, 2.24) is 19.9 Å². The van der Waals surface area contributed by atoms with Gasteiger partial charge in [0.05, 0.1) is 11.9 Å². The minimum absolute atomic E-state index is 0.228. The van der Waals surface area contributed by atoms with Crippen LogP contribution in [0.25, 0.3) is 33.5 Å². The van der Waals surface area contributed by atoms with Gasteiger partial charge in [0, 0.05) is 47.9 Å². The standard InChI is InChI=1S/C24H21N5O/c1-29-15-16(14-26-29)22-11-6-7-17(27-22)13-21(25)18-8-2-3-9-19(18)24-20-10-4-5-12-23(20)30-28-24/h2-12,14-15,21H,13,25H2,1H3. The first kappa shape index (κ1) is 18.3. The lowest BCUT2D eigenvalue weighted by Crippen LogP contribution is -2.15. The fourth-order valence-corrected chi connectivity index (χ4v) is 3.76. The summed E-state index contributed by atoms with van der Waals surface area (Å²) in [5, 5.41) is 9.53. The molecule has 6 nitrogen and oxygen atoms in total. The van der Waals surface area contributed by atoms with Crippen molar-refractivity contribution in [1.29, 1.82) is 0 Å². The Labute approximate surface area is 174 Å². The lowest BCUT2D eigenvalue weighted by atomic mass is 9.94. The molecule has 0 aliphatic rings. The molecule has 0 spiro atoms. The van der Waals surface area contributed by atoms with Crippen LogP contribution in [-0.4, -0.2) is 19.9 Å². The molecule has 148 valence electrons. The fourth-order valence-electron chi connectivity index (χ4n) is 3.76. The fraction of sp³-hybridized carbons (Fsp3) is 0.125. The number of aryl methyl sites for hydroxylation is 1. The molecule has 5 rings (SSSR count). The molecule has 0 saturated carbocycles. The van der Waals surface area contributed by atoms with Gasteiger partial charge in [0.1, 0.15) is 5.69 Å². The number of nitrogens with zero attached hydrogens (tertiary/aromatic N) is 4. The van der Waals surface area contributed by atoms with Crippen LogP contribution in [-0.2, 0) is 13.5 Å².